The lowest BCUT2D eigenvalue weighted by Crippen LogP contribution is -2.49. The van der Waals surface area contributed by atoms with Gasteiger partial charge in [0, 0.05) is 12.1 Å². The molecule has 0 radical (unpaired) electrons. The van der Waals surface area contributed by atoms with Gasteiger partial charge in [-0.3, -0.25) is 4.79 Å². The van der Waals surface area contributed by atoms with Gasteiger partial charge in [-0.1, -0.05) is 0 Å². The highest BCUT2D eigenvalue weighted by atomic mass is 16.4. The Morgan fingerprint density at radius 2 is 2.20 bits per heavy atom. The van der Waals surface area contributed by atoms with E-state index in [-0.39, 0.29) is 0 Å². The molecule has 0 bridgehead atoms. The molecule has 0 aromatic heterocycles. The minimum absolute atomic E-state index is 0.383. The normalized spacial score (nSPS) is 31.5. The van der Waals surface area contributed by atoms with Gasteiger partial charge < -0.3 is 15.3 Å². The summed E-state index contributed by atoms with van der Waals surface area (Å²) >= 11 is 0. The van der Waals surface area contributed by atoms with Crippen molar-refractivity contribution in [3.63, 3.8) is 0 Å². The molecule has 0 spiro atoms. The first-order valence-electron chi connectivity index (χ1n) is 5.57. The number of nitrogens with one attached hydrogen (secondary N) is 1. The van der Waals surface area contributed by atoms with Crippen LogP contribution in [0.5, 0.6) is 0 Å². The Balaban J connectivity index is 2.69. The van der Waals surface area contributed by atoms with Crippen molar-refractivity contribution in [2.75, 3.05) is 14.1 Å². The Morgan fingerprint density at radius 3 is 2.53 bits per heavy atom. The molecular weight excluding hydrogens is 192 g/mol. The van der Waals surface area contributed by atoms with Crippen LogP contribution in [0.2, 0.25) is 0 Å². The first kappa shape index (κ1) is 12.5. The maximum Gasteiger partial charge on any atom is 0.323 e. The van der Waals surface area contributed by atoms with Crippen molar-refractivity contribution in [2.45, 2.75) is 50.7 Å². The third-order valence-corrected chi connectivity index (χ3v) is 3.77. The third-order valence-electron chi connectivity index (χ3n) is 3.77. The zero-order valence-electron chi connectivity index (χ0n) is 10.1. The van der Waals surface area contributed by atoms with Gasteiger partial charge in [0.15, 0.2) is 0 Å². The average molecular weight is 214 g/mol. The standard InChI is InChI=1S/C11H22N2O2/c1-8(2)13(4)9-5-6-11(7-9,12-3)10(14)15/h8-9,12H,5-7H2,1-4H3,(H,14,15). The van der Waals surface area contributed by atoms with Gasteiger partial charge in [-0.25, -0.2) is 0 Å². The molecule has 2 unspecified atom stereocenters. The van der Waals surface area contributed by atoms with Crippen molar-refractivity contribution >= 4 is 5.97 Å². The molecule has 4 heteroatoms. The zero-order valence-corrected chi connectivity index (χ0v) is 10.1. The van der Waals surface area contributed by atoms with E-state index in [0.29, 0.717) is 18.5 Å². The van der Waals surface area contributed by atoms with Gasteiger partial charge in [0.2, 0.25) is 0 Å². The summed E-state index contributed by atoms with van der Waals surface area (Å²) in [5, 5.41) is 12.2. The van der Waals surface area contributed by atoms with Crippen LogP contribution in [0.1, 0.15) is 33.1 Å². The van der Waals surface area contributed by atoms with Crippen molar-refractivity contribution in [3.05, 3.63) is 0 Å². The van der Waals surface area contributed by atoms with Crippen LogP contribution in [-0.4, -0.2) is 47.7 Å². The van der Waals surface area contributed by atoms with E-state index in [0.717, 1.165) is 12.8 Å². The van der Waals surface area contributed by atoms with E-state index in [1.807, 2.05) is 0 Å². The molecule has 15 heavy (non-hydrogen) atoms. The molecule has 0 aliphatic heterocycles. The number of nitrogens with zero attached hydrogens (tertiary/aromatic N) is 1. The summed E-state index contributed by atoms with van der Waals surface area (Å²) in [7, 11) is 3.81. The van der Waals surface area contributed by atoms with Crippen molar-refractivity contribution in [2.24, 2.45) is 0 Å². The third kappa shape index (κ3) is 2.32. The van der Waals surface area contributed by atoms with E-state index in [2.05, 4.69) is 31.1 Å². The molecule has 2 atom stereocenters. The molecule has 1 rings (SSSR count). The predicted octanol–water partition coefficient (Wildman–Crippen LogP) is 0.922. The minimum Gasteiger partial charge on any atom is -0.480 e. The van der Waals surface area contributed by atoms with Crippen LogP contribution in [0.4, 0.5) is 0 Å². The first-order valence-corrected chi connectivity index (χ1v) is 5.57. The molecule has 1 aliphatic carbocycles. The fourth-order valence-electron chi connectivity index (χ4n) is 2.32. The van der Waals surface area contributed by atoms with Crippen LogP contribution < -0.4 is 5.32 Å². The summed E-state index contributed by atoms with van der Waals surface area (Å²) in [6.45, 7) is 4.28. The van der Waals surface area contributed by atoms with Gasteiger partial charge in [-0.05, 0) is 47.2 Å². The largest absolute Gasteiger partial charge is 0.480 e. The molecule has 1 aliphatic rings. The lowest BCUT2D eigenvalue weighted by atomic mass is 9.97. The summed E-state index contributed by atoms with van der Waals surface area (Å²) in [5.41, 5.74) is -0.701. The van der Waals surface area contributed by atoms with Crippen LogP contribution in [0, 0.1) is 0 Å². The summed E-state index contributed by atoms with van der Waals surface area (Å²) in [5.74, 6) is -0.718. The maximum absolute atomic E-state index is 11.2. The molecule has 88 valence electrons. The van der Waals surface area contributed by atoms with Crippen LogP contribution in [0.25, 0.3) is 0 Å². The van der Waals surface area contributed by atoms with Gasteiger partial charge >= 0.3 is 5.97 Å². The Labute approximate surface area is 91.6 Å². The average Bonchev–Trinajstić information content (AvgIpc) is 2.61. The second-order valence-corrected chi connectivity index (χ2v) is 4.79. The Bertz CT molecular complexity index is 243. The number of carboxylic acid groups (broad SMARTS) is 1. The smallest absolute Gasteiger partial charge is 0.323 e. The second-order valence-electron chi connectivity index (χ2n) is 4.79. The molecule has 0 aromatic rings. The van der Waals surface area contributed by atoms with Crippen molar-refractivity contribution in [1.82, 2.24) is 10.2 Å². The minimum atomic E-state index is -0.718. The summed E-state index contributed by atoms with van der Waals surface area (Å²) in [6, 6.07) is 0.852. The van der Waals surface area contributed by atoms with Crippen LogP contribution in [0.3, 0.4) is 0 Å². The SMILES string of the molecule is CNC1(C(=O)O)CCC(N(C)C(C)C)C1. The van der Waals surface area contributed by atoms with E-state index in [1.165, 1.54) is 0 Å². The molecule has 2 N–H and O–H groups in total. The van der Waals surface area contributed by atoms with E-state index in [9.17, 15) is 9.90 Å². The fraction of sp³-hybridized carbons (Fsp3) is 0.909. The highest BCUT2D eigenvalue weighted by Gasteiger charge is 2.45. The molecule has 0 saturated heterocycles. The number of hydrogen-bond donors (Lipinski definition) is 2. The first-order chi connectivity index (χ1) is 6.93. The molecule has 0 aromatic carbocycles. The number of aliphatic carboxylic acids is 1. The zero-order chi connectivity index (χ0) is 11.6. The Morgan fingerprint density at radius 1 is 1.60 bits per heavy atom. The Hall–Kier alpha value is -0.610. The lowest BCUT2D eigenvalue weighted by molar-refractivity contribution is -0.144. The monoisotopic (exact) mass is 214 g/mol. The van der Waals surface area contributed by atoms with Crippen LogP contribution in [-0.2, 0) is 4.79 Å². The number of carbonyl (C=O) groups is 1. The molecule has 4 nitrogen and oxygen atoms in total. The van der Waals surface area contributed by atoms with Gasteiger partial charge in [0.1, 0.15) is 5.54 Å². The van der Waals surface area contributed by atoms with Crippen LogP contribution >= 0.6 is 0 Å². The fourth-order valence-corrected chi connectivity index (χ4v) is 2.32. The van der Waals surface area contributed by atoms with Crippen molar-refractivity contribution in [3.8, 4) is 0 Å². The summed E-state index contributed by atoms with van der Waals surface area (Å²) < 4.78 is 0. The van der Waals surface area contributed by atoms with Gasteiger partial charge in [0.25, 0.3) is 0 Å². The Kier molecular flexibility index (Phi) is 3.73. The van der Waals surface area contributed by atoms with Crippen molar-refractivity contribution < 1.29 is 9.90 Å². The second kappa shape index (κ2) is 4.49. The summed E-state index contributed by atoms with van der Waals surface area (Å²) in [4.78, 5) is 13.5. The number of rotatable bonds is 4. The van der Waals surface area contributed by atoms with E-state index >= 15 is 0 Å². The van der Waals surface area contributed by atoms with Gasteiger partial charge in [-0.2, -0.15) is 0 Å². The topological polar surface area (TPSA) is 52.6 Å². The van der Waals surface area contributed by atoms with E-state index in [1.54, 1.807) is 7.05 Å². The molecular formula is C11H22N2O2. The quantitative estimate of drug-likeness (QED) is 0.731. The summed E-state index contributed by atoms with van der Waals surface area (Å²) in [6.07, 6.45) is 2.38. The highest BCUT2D eigenvalue weighted by molar-refractivity contribution is 5.79. The molecule has 1 saturated carbocycles. The molecule has 0 amide bonds. The lowest BCUT2D eigenvalue weighted by Gasteiger charge is -2.30. The number of hydrogen-bond acceptors (Lipinski definition) is 3. The number of carboxylic acids is 1. The molecule has 0 heterocycles. The predicted molar refractivity (Wildman–Crippen MR) is 60.0 cm³/mol. The van der Waals surface area contributed by atoms with E-state index in [4.69, 9.17) is 0 Å². The van der Waals surface area contributed by atoms with Gasteiger partial charge in [0.05, 0.1) is 0 Å². The maximum atomic E-state index is 11.2. The van der Waals surface area contributed by atoms with Gasteiger partial charge in [-0.15, -0.1) is 0 Å². The van der Waals surface area contributed by atoms with Crippen molar-refractivity contribution in [1.29, 1.82) is 0 Å². The van der Waals surface area contributed by atoms with E-state index < -0.39 is 11.5 Å². The highest BCUT2D eigenvalue weighted by Crippen LogP contribution is 2.33. The van der Waals surface area contributed by atoms with Crippen LogP contribution in [0.15, 0.2) is 0 Å². The molecule has 1 fully saturated rings. The number of likely N-dealkylation sites (N-methyl/N-ethyl adjacent to an activating group) is 1.